The van der Waals surface area contributed by atoms with Crippen LogP contribution in [0, 0.1) is 12.8 Å². The van der Waals surface area contributed by atoms with E-state index in [2.05, 4.69) is 10.6 Å². The Bertz CT molecular complexity index is 687. The number of nitrogens with one attached hydrogen (secondary N) is 2. The zero-order valence-corrected chi connectivity index (χ0v) is 12.6. The molecule has 0 aromatic heterocycles. The van der Waals surface area contributed by atoms with E-state index in [4.69, 9.17) is 5.14 Å². The van der Waals surface area contributed by atoms with Crippen LogP contribution in [0.5, 0.6) is 0 Å². The van der Waals surface area contributed by atoms with Crippen LogP contribution in [0.15, 0.2) is 23.1 Å². The molecule has 0 aliphatic carbocycles. The van der Waals surface area contributed by atoms with Gasteiger partial charge in [-0.15, -0.1) is 0 Å². The minimum absolute atomic E-state index is 0.00877. The van der Waals surface area contributed by atoms with E-state index in [9.17, 15) is 13.2 Å². The van der Waals surface area contributed by atoms with Crippen molar-refractivity contribution in [3.63, 3.8) is 0 Å². The molecule has 114 valence electrons. The molecule has 0 spiro atoms. The molecule has 2 heterocycles. The average Bonchev–Trinajstić information content (AvgIpc) is 3.02. The molecule has 1 aromatic rings. The molecule has 2 aliphatic heterocycles. The van der Waals surface area contributed by atoms with Gasteiger partial charge < -0.3 is 10.6 Å². The number of carbonyl (C=O) groups excluding carboxylic acids is 1. The molecule has 2 saturated heterocycles. The van der Waals surface area contributed by atoms with Gasteiger partial charge in [0.1, 0.15) is 0 Å². The zero-order chi connectivity index (χ0) is 15.2. The monoisotopic (exact) mass is 309 g/mol. The highest BCUT2D eigenvalue weighted by Crippen LogP contribution is 2.34. The lowest BCUT2D eigenvalue weighted by Crippen LogP contribution is -2.33. The third-order valence-electron chi connectivity index (χ3n) is 4.43. The molecule has 2 bridgehead atoms. The topological polar surface area (TPSA) is 101 Å². The van der Waals surface area contributed by atoms with Gasteiger partial charge in [-0.2, -0.15) is 0 Å². The number of primary sulfonamides is 1. The third kappa shape index (κ3) is 2.81. The highest BCUT2D eigenvalue weighted by Gasteiger charge is 2.42. The summed E-state index contributed by atoms with van der Waals surface area (Å²) in [6.45, 7) is 1.82. The average molecular weight is 309 g/mol. The highest BCUT2D eigenvalue weighted by molar-refractivity contribution is 7.89. The van der Waals surface area contributed by atoms with Gasteiger partial charge in [0.2, 0.25) is 15.9 Å². The predicted octanol–water partition coefficient (Wildman–Crippen LogP) is 0.721. The summed E-state index contributed by atoms with van der Waals surface area (Å²) in [5.74, 6) is -0.0920. The Kier molecular flexibility index (Phi) is 3.51. The van der Waals surface area contributed by atoms with E-state index >= 15 is 0 Å². The van der Waals surface area contributed by atoms with Gasteiger partial charge in [0.15, 0.2) is 0 Å². The molecule has 6 nitrogen and oxygen atoms in total. The number of anilines is 1. The number of amides is 1. The van der Waals surface area contributed by atoms with E-state index in [1.54, 1.807) is 6.07 Å². The van der Waals surface area contributed by atoms with E-state index in [0.29, 0.717) is 11.7 Å². The smallest absolute Gasteiger partial charge is 0.238 e. The van der Waals surface area contributed by atoms with Gasteiger partial charge in [0.25, 0.3) is 0 Å². The number of hydrogen-bond donors (Lipinski definition) is 3. The number of aryl methyl sites for hydroxylation is 1. The first-order chi connectivity index (χ1) is 9.84. The van der Waals surface area contributed by atoms with E-state index in [1.165, 1.54) is 12.1 Å². The first kappa shape index (κ1) is 14.5. The van der Waals surface area contributed by atoms with Crippen molar-refractivity contribution in [2.75, 3.05) is 5.32 Å². The number of sulfonamides is 1. The largest absolute Gasteiger partial charge is 0.326 e. The summed E-state index contributed by atoms with van der Waals surface area (Å²) < 4.78 is 22.8. The number of carbonyl (C=O) groups is 1. The maximum Gasteiger partial charge on any atom is 0.238 e. The Morgan fingerprint density at radius 1 is 1.38 bits per heavy atom. The Morgan fingerprint density at radius 2 is 2.14 bits per heavy atom. The van der Waals surface area contributed by atoms with Gasteiger partial charge in [-0.1, -0.05) is 6.07 Å². The molecule has 7 heteroatoms. The van der Waals surface area contributed by atoms with Gasteiger partial charge in [0, 0.05) is 17.8 Å². The Morgan fingerprint density at radius 3 is 2.71 bits per heavy atom. The second kappa shape index (κ2) is 5.08. The van der Waals surface area contributed by atoms with Crippen LogP contribution in [-0.2, 0) is 14.8 Å². The summed E-state index contributed by atoms with van der Waals surface area (Å²) in [4.78, 5) is 12.4. The fourth-order valence-electron chi connectivity index (χ4n) is 3.25. The molecule has 3 atom stereocenters. The first-order valence-electron chi connectivity index (χ1n) is 7.05. The minimum Gasteiger partial charge on any atom is -0.326 e. The van der Waals surface area contributed by atoms with Gasteiger partial charge in [-0.05, 0) is 43.9 Å². The van der Waals surface area contributed by atoms with E-state index in [1.807, 2.05) is 6.92 Å². The molecule has 3 unspecified atom stereocenters. The normalized spacial score (nSPS) is 27.8. The van der Waals surface area contributed by atoms with Crippen molar-refractivity contribution in [1.29, 1.82) is 0 Å². The predicted molar refractivity (Wildman–Crippen MR) is 79.2 cm³/mol. The molecule has 4 N–H and O–H groups in total. The number of hydrogen-bond acceptors (Lipinski definition) is 4. The van der Waals surface area contributed by atoms with Crippen LogP contribution in [0.25, 0.3) is 0 Å². The van der Waals surface area contributed by atoms with Gasteiger partial charge >= 0.3 is 0 Å². The third-order valence-corrected chi connectivity index (χ3v) is 5.34. The SMILES string of the molecule is Cc1ccc(S(N)(=O)=O)cc1NC(=O)C1CC2CCC1N2. The van der Waals surface area contributed by atoms with Crippen LogP contribution < -0.4 is 15.8 Å². The summed E-state index contributed by atoms with van der Waals surface area (Å²) in [6, 6.07) is 5.20. The van der Waals surface area contributed by atoms with Crippen molar-refractivity contribution in [2.45, 2.75) is 43.2 Å². The molecule has 0 radical (unpaired) electrons. The van der Waals surface area contributed by atoms with Gasteiger partial charge in [0.05, 0.1) is 10.8 Å². The molecule has 1 aromatic carbocycles. The van der Waals surface area contributed by atoms with Crippen molar-refractivity contribution in [2.24, 2.45) is 11.1 Å². The summed E-state index contributed by atoms with van der Waals surface area (Å²) in [5, 5.41) is 11.4. The van der Waals surface area contributed by atoms with Crippen LogP contribution in [0.1, 0.15) is 24.8 Å². The highest BCUT2D eigenvalue weighted by atomic mass is 32.2. The van der Waals surface area contributed by atoms with Crippen LogP contribution in [0.2, 0.25) is 0 Å². The fraction of sp³-hybridized carbons (Fsp3) is 0.500. The molecule has 2 fully saturated rings. The zero-order valence-electron chi connectivity index (χ0n) is 11.8. The summed E-state index contributed by atoms with van der Waals surface area (Å²) in [5.41, 5.74) is 1.32. The molecule has 3 rings (SSSR count). The lowest BCUT2D eigenvalue weighted by atomic mass is 9.88. The van der Waals surface area contributed by atoms with Gasteiger partial charge in [-0.3, -0.25) is 4.79 Å². The number of nitrogens with two attached hydrogens (primary N) is 1. The van der Waals surface area contributed by atoms with Crippen molar-refractivity contribution in [3.8, 4) is 0 Å². The molecule has 1 amide bonds. The number of rotatable bonds is 3. The Labute approximate surface area is 124 Å². The van der Waals surface area contributed by atoms with Crippen molar-refractivity contribution < 1.29 is 13.2 Å². The standard InChI is InChI=1S/C14H19N3O3S/c1-8-2-4-10(21(15,19)20)7-13(8)17-14(18)11-6-9-3-5-12(11)16-9/h2,4,7,9,11-12,16H,3,5-6H2,1H3,(H,17,18)(H2,15,19,20). The lowest BCUT2D eigenvalue weighted by molar-refractivity contribution is -0.120. The van der Waals surface area contributed by atoms with Crippen LogP contribution >= 0.6 is 0 Å². The molecular formula is C14H19N3O3S. The quantitative estimate of drug-likeness (QED) is 0.766. The van der Waals surface area contributed by atoms with Crippen molar-refractivity contribution >= 4 is 21.6 Å². The van der Waals surface area contributed by atoms with Crippen LogP contribution in [0.4, 0.5) is 5.69 Å². The number of benzene rings is 1. The van der Waals surface area contributed by atoms with E-state index < -0.39 is 10.0 Å². The van der Waals surface area contributed by atoms with Crippen molar-refractivity contribution in [1.82, 2.24) is 5.32 Å². The molecule has 21 heavy (non-hydrogen) atoms. The molecule has 2 aliphatic rings. The minimum atomic E-state index is -3.77. The van der Waals surface area contributed by atoms with Crippen LogP contribution in [0.3, 0.4) is 0 Å². The summed E-state index contributed by atoms with van der Waals surface area (Å²) in [7, 11) is -3.77. The van der Waals surface area contributed by atoms with Gasteiger partial charge in [-0.25, -0.2) is 13.6 Å². The first-order valence-corrected chi connectivity index (χ1v) is 8.59. The second-order valence-electron chi connectivity index (χ2n) is 5.90. The number of fused-ring (bicyclic) bond motifs is 2. The lowest BCUT2D eigenvalue weighted by Gasteiger charge is -2.20. The maximum atomic E-state index is 12.4. The van der Waals surface area contributed by atoms with E-state index in [0.717, 1.165) is 24.8 Å². The van der Waals surface area contributed by atoms with E-state index in [-0.39, 0.29) is 22.8 Å². The molecular weight excluding hydrogens is 290 g/mol. The van der Waals surface area contributed by atoms with Crippen LogP contribution in [-0.4, -0.2) is 26.4 Å². The summed E-state index contributed by atoms with van der Waals surface area (Å²) >= 11 is 0. The van der Waals surface area contributed by atoms with Crippen molar-refractivity contribution in [3.05, 3.63) is 23.8 Å². The Balaban J connectivity index is 1.80. The summed E-state index contributed by atoms with van der Waals surface area (Å²) in [6.07, 6.45) is 3.01. The fourth-order valence-corrected chi connectivity index (χ4v) is 3.79. The second-order valence-corrected chi connectivity index (χ2v) is 7.46. The molecule has 0 saturated carbocycles. The Hall–Kier alpha value is -1.44. The maximum absolute atomic E-state index is 12.4.